The minimum atomic E-state index is -4.23. The number of non-ortho nitro benzene ring substituents is 1. The Morgan fingerprint density at radius 3 is 2.39 bits per heavy atom. The number of sulfonamides is 1. The number of benzene rings is 3. The molecule has 0 heterocycles. The van der Waals surface area contributed by atoms with E-state index in [-0.39, 0.29) is 28.5 Å². The molecule has 0 bridgehead atoms. The summed E-state index contributed by atoms with van der Waals surface area (Å²) in [6, 6.07) is 16.5. The van der Waals surface area contributed by atoms with Crippen LogP contribution in [0.1, 0.15) is 22.3 Å². The molecule has 0 atom stereocenters. The number of ether oxygens (including phenoxy) is 1. The summed E-state index contributed by atoms with van der Waals surface area (Å²) in [5.41, 5.74) is 4.17. The Hall–Kier alpha value is -4.25. The standard InChI is InChI=1S/C22H18N4O6S/c1-32-16-9-6-14(7-10-16)25-33(30,31)22-12-15(26(28)29)8-11-19(22)23-24-20-13-21(27)18-5-3-2-4-17(18)20/h2-12,23,25H,13H2,1H3/b24-20+. The number of hydrogen-bond acceptors (Lipinski definition) is 8. The van der Waals surface area contributed by atoms with Gasteiger partial charge in [-0.3, -0.25) is 25.1 Å². The molecule has 3 aromatic carbocycles. The predicted octanol–water partition coefficient (Wildman–Crippen LogP) is 3.81. The molecule has 168 valence electrons. The third-order valence-electron chi connectivity index (χ3n) is 4.99. The van der Waals surface area contributed by atoms with Gasteiger partial charge in [0.15, 0.2) is 5.78 Å². The van der Waals surface area contributed by atoms with Crippen LogP contribution in [0.5, 0.6) is 5.75 Å². The number of nitrogens with zero attached hydrogens (tertiary/aromatic N) is 2. The Morgan fingerprint density at radius 2 is 1.73 bits per heavy atom. The van der Waals surface area contributed by atoms with Crippen molar-refractivity contribution in [2.75, 3.05) is 17.3 Å². The predicted molar refractivity (Wildman–Crippen MR) is 122 cm³/mol. The molecule has 1 aliphatic rings. The molecule has 0 fully saturated rings. The van der Waals surface area contributed by atoms with Gasteiger partial charge in [-0.05, 0) is 30.3 Å². The summed E-state index contributed by atoms with van der Waals surface area (Å²) in [6.45, 7) is 0. The molecule has 0 radical (unpaired) electrons. The van der Waals surface area contributed by atoms with Crippen molar-refractivity contribution in [3.8, 4) is 5.75 Å². The molecule has 0 unspecified atom stereocenters. The minimum Gasteiger partial charge on any atom is -0.497 e. The molecular weight excluding hydrogens is 448 g/mol. The van der Waals surface area contributed by atoms with Crippen molar-refractivity contribution >= 4 is 38.6 Å². The summed E-state index contributed by atoms with van der Waals surface area (Å²) >= 11 is 0. The molecule has 10 nitrogen and oxygen atoms in total. The summed E-state index contributed by atoms with van der Waals surface area (Å²) in [5.74, 6) is 0.446. The maximum atomic E-state index is 13.1. The molecule has 0 saturated carbocycles. The first-order valence-corrected chi connectivity index (χ1v) is 11.2. The average molecular weight is 466 g/mol. The van der Waals surface area contributed by atoms with E-state index in [1.807, 2.05) is 0 Å². The van der Waals surface area contributed by atoms with Crippen molar-refractivity contribution in [1.82, 2.24) is 0 Å². The number of ketones is 1. The molecule has 1 aliphatic carbocycles. The smallest absolute Gasteiger partial charge is 0.270 e. The Morgan fingerprint density at radius 1 is 1.03 bits per heavy atom. The van der Waals surface area contributed by atoms with Gasteiger partial charge >= 0.3 is 0 Å². The van der Waals surface area contributed by atoms with Gasteiger partial charge in [0.05, 0.1) is 29.9 Å². The van der Waals surface area contributed by atoms with Crippen LogP contribution in [0, 0.1) is 10.1 Å². The van der Waals surface area contributed by atoms with Gasteiger partial charge < -0.3 is 4.74 Å². The van der Waals surface area contributed by atoms with Gasteiger partial charge in [-0.2, -0.15) is 5.10 Å². The van der Waals surface area contributed by atoms with Gasteiger partial charge in [-0.25, -0.2) is 8.42 Å². The molecule has 0 saturated heterocycles. The number of methoxy groups -OCH3 is 1. The molecule has 0 spiro atoms. The lowest BCUT2D eigenvalue weighted by atomic mass is 10.1. The second-order valence-electron chi connectivity index (χ2n) is 7.09. The van der Waals surface area contributed by atoms with Crippen molar-refractivity contribution in [1.29, 1.82) is 0 Å². The Bertz CT molecular complexity index is 1380. The van der Waals surface area contributed by atoms with Crippen molar-refractivity contribution in [2.45, 2.75) is 11.3 Å². The number of nitro groups is 1. The highest BCUT2D eigenvalue weighted by molar-refractivity contribution is 7.92. The van der Waals surface area contributed by atoms with Crippen LogP contribution in [0.25, 0.3) is 0 Å². The second kappa shape index (κ2) is 8.71. The fraction of sp³-hybridized carbons (Fsp3) is 0.0909. The zero-order valence-electron chi connectivity index (χ0n) is 17.3. The zero-order valence-corrected chi connectivity index (χ0v) is 18.1. The number of anilines is 2. The number of nitro benzene ring substituents is 1. The summed E-state index contributed by atoms with van der Waals surface area (Å²) in [5, 5.41) is 15.5. The molecule has 33 heavy (non-hydrogen) atoms. The highest BCUT2D eigenvalue weighted by Crippen LogP contribution is 2.30. The fourth-order valence-electron chi connectivity index (χ4n) is 3.36. The molecule has 2 N–H and O–H groups in total. The number of carbonyl (C=O) groups is 1. The number of hydrazone groups is 1. The number of nitrogens with one attached hydrogen (secondary N) is 2. The van der Waals surface area contributed by atoms with Crippen LogP contribution >= 0.6 is 0 Å². The first-order chi connectivity index (χ1) is 15.8. The van der Waals surface area contributed by atoms with Crippen molar-refractivity contribution in [2.24, 2.45) is 5.10 Å². The number of carbonyl (C=O) groups excluding carboxylic acids is 1. The van der Waals surface area contributed by atoms with Crippen LogP contribution in [0.15, 0.2) is 76.7 Å². The van der Waals surface area contributed by atoms with Gasteiger partial charge in [-0.1, -0.05) is 24.3 Å². The van der Waals surface area contributed by atoms with E-state index < -0.39 is 20.6 Å². The number of fused-ring (bicyclic) bond motifs is 1. The highest BCUT2D eigenvalue weighted by Gasteiger charge is 2.26. The van der Waals surface area contributed by atoms with E-state index in [4.69, 9.17) is 4.74 Å². The van der Waals surface area contributed by atoms with Crippen LogP contribution in [0.2, 0.25) is 0 Å². The van der Waals surface area contributed by atoms with E-state index in [2.05, 4.69) is 15.2 Å². The quantitative estimate of drug-likeness (QED) is 0.398. The number of rotatable bonds is 7. The number of Topliss-reactive ketones (excluding diaryl/α,β-unsaturated/α-hetero) is 1. The zero-order chi connectivity index (χ0) is 23.6. The van der Waals surface area contributed by atoms with Crippen LogP contribution in [-0.2, 0) is 10.0 Å². The van der Waals surface area contributed by atoms with Crippen LogP contribution in [0.4, 0.5) is 17.1 Å². The largest absolute Gasteiger partial charge is 0.497 e. The molecule has 0 aliphatic heterocycles. The molecule has 0 amide bonds. The monoisotopic (exact) mass is 466 g/mol. The minimum absolute atomic E-state index is 0.0194. The number of hydrogen-bond donors (Lipinski definition) is 2. The van der Waals surface area contributed by atoms with E-state index in [1.165, 1.54) is 31.4 Å². The fourth-order valence-corrected chi connectivity index (χ4v) is 4.59. The summed E-state index contributed by atoms with van der Waals surface area (Å²) < 4.78 is 33.6. The summed E-state index contributed by atoms with van der Waals surface area (Å²) in [7, 11) is -2.75. The molecule has 3 aromatic rings. The van der Waals surface area contributed by atoms with E-state index in [0.717, 1.165) is 6.07 Å². The third kappa shape index (κ3) is 4.53. The molecule has 4 rings (SSSR count). The topological polar surface area (TPSA) is 140 Å². The maximum absolute atomic E-state index is 13.1. The van der Waals surface area contributed by atoms with Crippen LogP contribution < -0.4 is 14.9 Å². The summed E-state index contributed by atoms with van der Waals surface area (Å²) in [6.07, 6.45) is 0.0610. The lowest BCUT2D eigenvalue weighted by molar-refractivity contribution is -0.385. The van der Waals surface area contributed by atoms with E-state index in [1.54, 1.807) is 36.4 Å². The van der Waals surface area contributed by atoms with Gasteiger partial charge in [0.2, 0.25) is 0 Å². The van der Waals surface area contributed by atoms with E-state index in [0.29, 0.717) is 22.6 Å². The molecule has 0 aromatic heterocycles. The third-order valence-corrected chi connectivity index (χ3v) is 6.41. The molecule has 11 heteroatoms. The van der Waals surface area contributed by atoms with E-state index >= 15 is 0 Å². The first kappa shape index (κ1) is 22.0. The lowest BCUT2D eigenvalue weighted by Crippen LogP contribution is -2.15. The Balaban J connectivity index is 1.69. The van der Waals surface area contributed by atoms with Gasteiger partial charge in [0.25, 0.3) is 15.7 Å². The van der Waals surface area contributed by atoms with Crippen molar-refractivity contribution in [3.05, 3.63) is 88.0 Å². The van der Waals surface area contributed by atoms with Crippen LogP contribution in [0.3, 0.4) is 0 Å². The SMILES string of the molecule is COc1ccc(NS(=O)(=O)c2cc([N+](=O)[O-])ccc2N/N=C2\CC(=O)c3ccccc32)cc1. The Kier molecular flexibility index (Phi) is 5.80. The molecular formula is C22H18N4O6S. The van der Waals surface area contributed by atoms with Gasteiger partial charge in [0, 0.05) is 28.9 Å². The second-order valence-corrected chi connectivity index (χ2v) is 8.74. The summed E-state index contributed by atoms with van der Waals surface area (Å²) in [4.78, 5) is 22.4. The van der Waals surface area contributed by atoms with Gasteiger partial charge in [-0.15, -0.1) is 0 Å². The lowest BCUT2D eigenvalue weighted by Gasteiger charge is -2.13. The van der Waals surface area contributed by atoms with Crippen molar-refractivity contribution in [3.63, 3.8) is 0 Å². The first-order valence-electron chi connectivity index (χ1n) is 9.69. The average Bonchev–Trinajstić information content (AvgIpc) is 3.13. The van der Waals surface area contributed by atoms with Crippen molar-refractivity contribution < 1.29 is 22.9 Å². The van der Waals surface area contributed by atoms with Crippen LogP contribution in [-0.4, -0.2) is 31.9 Å². The normalized spacial score (nSPS) is 14.1. The van der Waals surface area contributed by atoms with E-state index in [9.17, 15) is 23.3 Å². The maximum Gasteiger partial charge on any atom is 0.270 e. The van der Waals surface area contributed by atoms with Gasteiger partial charge in [0.1, 0.15) is 10.6 Å². The Labute approximate surface area is 189 Å². The highest BCUT2D eigenvalue weighted by atomic mass is 32.2.